The normalized spacial score (nSPS) is 13.2. The number of esters is 1. The second-order valence-electron chi connectivity index (χ2n) is 4.69. The Kier molecular flexibility index (Phi) is 7.18. The van der Waals surface area contributed by atoms with Crippen molar-refractivity contribution in [3.05, 3.63) is 34.0 Å². The highest BCUT2D eigenvalue weighted by Gasteiger charge is 2.29. The number of carbonyl (C=O) groups excluding carboxylic acids is 1. The molecule has 0 saturated heterocycles. The molecule has 128 valence electrons. The van der Waals surface area contributed by atoms with Crippen molar-refractivity contribution < 1.29 is 23.4 Å². The van der Waals surface area contributed by atoms with Crippen LogP contribution in [0.15, 0.2) is 23.0 Å². The number of ether oxygens (including phenoxy) is 1. The fourth-order valence-corrected chi connectivity index (χ4v) is 2.77. The van der Waals surface area contributed by atoms with Crippen molar-refractivity contribution in [3.63, 3.8) is 0 Å². The highest BCUT2D eigenvalue weighted by Crippen LogP contribution is 2.25. The van der Waals surface area contributed by atoms with E-state index in [2.05, 4.69) is 0 Å². The third-order valence-corrected chi connectivity index (χ3v) is 4.15. The number of hydrogen-bond acceptors (Lipinski definition) is 6. The Morgan fingerprint density at radius 1 is 1.26 bits per heavy atom. The van der Waals surface area contributed by atoms with Crippen LogP contribution >= 0.6 is 0 Å². The summed E-state index contributed by atoms with van der Waals surface area (Å²) in [5.74, 6) is -1.39. The van der Waals surface area contributed by atoms with Crippen LogP contribution in [0, 0.1) is 0 Å². The number of anilines is 1. The summed E-state index contributed by atoms with van der Waals surface area (Å²) in [4.78, 5) is 25.7. The fraction of sp³-hybridized carbons (Fsp3) is 0.467. The largest absolute Gasteiger partial charge is 0.504 e. The molecule has 2 N–H and O–H groups in total. The second-order valence-corrected chi connectivity index (χ2v) is 5.71. The summed E-state index contributed by atoms with van der Waals surface area (Å²) >= 11 is -2.56. The lowest BCUT2D eigenvalue weighted by molar-refractivity contribution is -0.142. The maximum absolute atomic E-state index is 12.0. The number of hydrogen-bond donors (Lipinski definition) is 2. The summed E-state index contributed by atoms with van der Waals surface area (Å²) in [6.45, 7) is 6.59. The minimum absolute atomic E-state index is 0.0245. The van der Waals surface area contributed by atoms with Gasteiger partial charge in [-0.1, -0.05) is 0 Å². The Morgan fingerprint density at radius 3 is 2.35 bits per heavy atom. The third-order valence-electron chi connectivity index (χ3n) is 3.28. The summed E-state index contributed by atoms with van der Waals surface area (Å²) in [6.07, 6.45) is 0. The number of nitrogens with zero attached hydrogens (tertiary/aromatic N) is 1. The molecule has 0 amide bonds. The lowest BCUT2D eigenvalue weighted by atomic mass is 10.2. The zero-order valence-corrected chi connectivity index (χ0v) is 14.1. The first-order valence-electron chi connectivity index (χ1n) is 7.25. The molecule has 0 aliphatic heterocycles. The molecule has 0 fully saturated rings. The maximum Gasteiger partial charge on any atom is 0.328 e. The molecule has 0 saturated carbocycles. The molecule has 0 aliphatic carbocycles. The van der Waals surface area contributed by atoms with Crippen molar-refractivity contribution in [3.8, 4) is 5.75 Å². The predicted octanol–water partition coefficient (Wildman–Crippen LogP) is 1.42. The van der Waals surface area contributed by atoms with Gasteiger partial charge in [-0.25, -0.2) is 4.21 Å². The van der Waals surface area contributed by atoms with E-state index in [-0.39, 0.29) is 12.2 Å². The molecule has 23 heavy (non-hydrogen) atoms. The van der Waals surface area contributed by atoms with Crippen LogP contribution in [0.1, 0.15) is 31.6 Å². The zero-order valence-electron chi connectivity index (χ0n) is 13.3. The number of rotatable bonds is 7. The molecule has 0 radical (unpaired) electrons. The molecule has 1 rings (SSSR count). The van der Waals surface area contributed by atoms with Gasteiger partial charge in [-0.05, 0) is 38.5 Å². The van der Waals surface area contributed by atoms with Crippen molar-refractivity contribution in [1.29, 1.82) is 0 Å². The quantitative estimate of drug-likeness (QED) is 0.570. The van der Waals surface area contributed by atoms with Gasteiger partial charge in [0, 0.05) is 24.8 Å². The van der Waals surface area contributed by atoms with Gasteiger partial charge in [0.2, 0.25) is 5.43 Å². The van der Waals surface area contributed by atoms with Gasteiger partial charge >= 0.3 is 5.97 Å². The SMILES string of the molecule is CCOC(=O)C(c1cc(N(CC)CC)cc(O)c(=O)c1)S(=O)O. The van der Waals surface area contributed by atoms with Crippen molar-refractivity contribution >= 4 is 22.7 Å². The van der Waals surface area contributed by atoms with E-state index < -0.39 is 33.5 Å². The van der Waals surface area contributed by atoms with E-state index in [4.69, 9.17) is 4.74 Å². The smallest absolute Gasteiger partial charge is 0.328 e. The van der Waals surface area contributed by atoms with Gasteiger partial charge in [0.25, 0.3) is 0 Å². The van der Waals surface area contributed by atoms with Crippen LogP contribution in [-0.2, 0) is 20.6 Å². The summed E-state index contributed by atoms with van der Waals surface area (Å²) in [5, 5.41) is 8.28. The summed E-state index contributed by atoms with van der Waals surface area (Å²) in [7, 11) is 0. The predicted molar refractivity (Wildman–Crippen MR) is 88.1 cm³/mol. The molecular weight excluding hydrogens is 322 g/mol. The van der Waals surface area contributed by atoms with Crippen molar-refractivity contribution in [1.82, 2.24) is 0 Å². The van der Waals surface area contributed by atoms with Gasteiger partial charge < -0.3 is 19.3 Å². The lowest BCUT2D eigenvalue weighted by Gasteiger charge is -2.21. The van der Waals surface area contributed by atoms with Crippen molar-refractivity contribution in [2.75, 3.05) is 24.6 Å². The van der Waals surface area contributed by atoms with E-state index in [0.29, 0.717) is 18.8 Å². The molecule has 1 aromatic carbocycles. The minimum atomic E-state index is -2.56. The molecular formula is C15H21NO6S. The summed E-state index contributed by atoms with van der Waals surface area (Å²) in [6, 6.07) is 3.71. The standard InChI is InChI=1S/C15H21NO6S/c1-4-16(5-2)11-7-10(8-12(17)13(18)9-11)14(23(20)21)15(19)22-6-3/h7-9,14H,4-6H2,1-3H3,(H,17,18)(H,20,21). The number of aromatic hydroxyl groups is 1. The Balaban J connectivity index is 3.55. The van der Waals surface area contributed by atoms with Gasteiger partial charge in [-0.2, -0.15) is 0 Å². The van der Waals surface area contributed by atoms with Crippen LogP contribution in [-0.4, -0.2) is 39.5 Å². The van der Waals surface area contributed by atoms with E-state index in [1.165, 1.54) is 12.1 Å². The van der Waals surface area contributed by atoms with E-state index in [1.54, 1.807) is 6.92 Å². The Morgan fingerprint density at radius 2 is 1.87 bits per heavy atom. The molecule has 2 unspecified atom stereocenters. The van der Waals surface area contributed by atoms with Crippen LogP contribution < -0.4 is 10.3 Å². The first-order chi connectivity index (χ1) is 10.8. The molecule has 0 aliphatic rings. The minimum Gasteiger partial charge on any atom is -0.504 e. The first-order valence-corrected chi connectivity index (χ1v) is 8.42. The average Bonchev–Trinajstić information content (AvgIpc) is 2.60. The molecule has 0 heterocycles. The summed E-state index contributed by atoms with van der Waals surface area (Å²) in [5.41, 5.74) is -0.237. The summed E-state index contributed by atoms with van der Waals surface area (Å²) < 4.78 is 25.8. The van der Waals surface area contributed by atoms with E-state index in [0.717, 1.165) is 6.07 Å². The highest BCUT2D eigenvalue weighted by atomic mass is 32.2. The molecule has 0 bridgehead atoms. The van der Waals surface area contributed by atoms with Crippen LogP contribution in [0.4, 0.5) is 5.69 Å². The van der Waals surface area contributed by atoms with Gasteiger partial charge in [-0.15, -0.1) is 0 Å². The first kappa shape index (κ1) is 19.1. The Hall–Kier alpha value is -1.93. The van der Waals surface area contributed by atoms with Gasteiger partial charge in [0.1, 0.15) is 0 Å². The van der Waals surface area contributed by atoms with Gasteiger partial charge in [0.05, 0.1) is 6.61 Å². The Labute approximate surface area is 137 Å². The Bertz CT molecular complexity index is 644. The van der Waals surface area contributed by atoms with Gasteiger partial charge in [-0.3, -0.25) is 9.59 Å². The van der Waals surface area contributed by atoms with Crippen LogP contribution in [0.2, 0.25) is 0 Å². The van der Waals surface area contributed by atoms with E-state index >= 15 is 0 Å². The molecule has 0 spiro atoms. The monoisotopic (exact) mass is 343 g/mol. The van der Waals surface area contributed by atoms with Crippen LogP contribution in [0.5, 0.6) is 5.75 Å². The molecule has 8 heteroatoms. The van der Waals surface area contributed by atoms with Crippen molar-refractivity contribution in [2.24, 2.45) is 0 Å². The third kappa shape index (κ3) is 4.77. The molecule has 2 atom stereocenters. The average molecular weight is 343 g/mol. The van der Waals surface area contributed by atoms with Gasteiger partial charge in [0.15, 0.2) is 22.1 Å². The zero-order chi connectivity index (χ0) is 17.6. The van der Waals surface area contributed by atoms with Crippen LogP contribution in [0.25, 0.3) is 0 Å². The van der Waals surface area contributed by atoms with Crippen LogP contribution in [0.3, 0.4) is 0 Å². The number of carbonyl (C=O) groups is 1. The molecule has 0 aromatic heterocycles. The second kappa shape index (κ2) is 8.64. The topological polar surface area (TPSA) is 104 Å². The molecule has 1 aromatic rings. The fourth-order valence-electron chi connectivity index (χ4n) is 2.17. The molecule has 7 nitrogen and oxygen atoms in total. The van der Waals surface area contributed by atoms with E-state index in [1.807, 2.05) is 18.7 Å². The van der Waals surface area contributed by atoms with E-state index in [9.17, 15) is 23.5 Å². The van der Waals surface area contributed by atoms with Crippen molar-refractivity contribution in [2.45, 2.75) is 26.0 Å². The highest BCUT2D eigenvalue weighted by molar-refractivity contribution is 7.80. The maximum atomic E-state index is 12.0. The lowest BCUT2D eigenvalue weighted by Crippen LogP contribution is -2.23.